The SMILES string of the molecule is COC(=O)CCCCCCCCO[C@H]1O[C@H](COCc2ccccc2)[C@@H](OCc2ccccc2)[C@H](OCc2ccccc2)[C@@H]1O[C@H]1O[C@H](COCc2ccccc2)[C@@H](OCc2ccccc2)[C@H](OCc2ccccc2)[C@@H]1OCc1ccccc1. The lowest BCUT2D eigenvalue weighted by molar-refractivity contribution is -0.383. The first-order valence-corrected chi connectivity index (χ1v) is 29.7. The Balaban J connectivity index is 1.09. The molecule has 0 amide bonds. The van der Waals surface area contributed by atoms with Crippen LogP contribution in [0.15, 0.2) is 212 Å². The summed E-state index contributed by atoms with van der Waals surface area (Å²) in [7, 11) is 1.43. The fourth-order valence-corrected chi connectivity index (χ4v) is 10.5. The van der Waals surface area contributed by atoms with E-state index in [0.717, 1.165) is 77.5 Å². The minimum atomic E-state index is -1.13. The molecule has 84 heavy (non-hydrogen) atoms. The van der Waals surface area contributed by atoms with Gasteiger partial charge in [-0.25, -0.2) is 0 Å². The summed E-state index contributed by atoms with van der Waals surface area (Å²) in [6, 6.07) is 70.5. The Bertz CT molecular complexity index is 2840. The maximum Gasteiger partial charge on any atom is 0.305 e. The van der Waals surface area contributed by atoms with Crippen LogP contribution < -0.4 is 0 Å². The summed E-state index contributed by atoms with van der Waals surface area (Å²) < 4.78 is 82.8. The van der Waals surface area contributed by atoms with Gasteiger partial charge in [-0.15, -0.1) is 0 Å². The van der Waals surface area contributed by atoms with E-state index >= 15 is 0 Å². The average molecular weight is 1140 g/mol. The predicted molar refractivity (Wildman–Crippen MR) is 320 cm³/mol. The summed E-state index contributed by atoms with van der Waals surface area (Å²) >= 11 is 0. The third-order valence-corrected chi connectivity index (χ3v) is 15.0. The molecule has 0 radical (unpaired) electrons. The molecule has 0 aromatic heterocycles. The lowest BCUT2D eigenvalue weighted by Gasteiger charge is -2.50. The molecule has 2 heterocycles. The number of methoxy groups -OCH3 is 1. The number of esters is 1. The fraction of sp³-hybridized carbons (Fsp3) is 0.394. The molecule has 0 N–H and O–H groups in total. The molecule has 9 rings (SSSR count). The highest BCUT2D eigenvalue weighted by molar-refractivity contribution is 5.69. The van der Waals surface area contributed by atoms with Crippen LogP contribution in [-0.2, 0) is 108 Å². The van der Waals surface area contributed by atoms with Crippen molar-refractivity contribution in [1.29, 1.82) is 0 Å². The Morgan fingerprint density at radius 3 is 1.02 bits per heavy atom. The van der Waals surface area contributed by atoms with Crippen molar-refractivity contribution in [3.8, 4) is 0 Å². The van der Waals surface area contributed by atoms with Gasteiger partial charge in [0, 0.05) is 13.0 Å². The maximum atomic E-state index is 11.8. The molecule has 0 aliphatic carbocycles. The molecule has 2 saturated heterocycles. The van der Waals surface area contributed by atoms with E-state index in [9.17, 15) is 4.79 Å². The number of rotatable bonds is 35. The van der Waals surface area contributed by atoms with Gasteiger partial charge in [-0.1, -0.05) is 238 Å². The molecular formula is C71H82O13. The second-order valence-electron chi connectivity index (χ2n) is 21.3. The molecule has 0 saturated carbocycles. The van der Waals surface area contributed by atoms with Gasteiger partial charge in [0.2, 0.25) is 0 Å². The first kappa shape index (κ1) is 62.1. The molecule has 0 unspecified atom stereocenters. The first-order chi connectivity index (χ1) is 41.6. The van der Waals surface area contributed by atoms with Gasteiger partial charge in [-0.2, -0.15) is 0 Å². The van der Waals surface area contributed by atoms with Gasteiger partial charge >= 0.3 is 5.97 Å². The molecule has 2 aliphatic rings. The molecule has 0 bridgehead atoms. The Morgan fingerprint density at radius 1 is 0.333 bits per heavy atom. The van der Waals surface area contributed by atoms with E-state index in [2.05, 4.69) is 0 Å². The normalized spacial score (nSPS) is 22.3. The summed E-state index contributed by atoms with van der Waals surface area (Å²) in [5.41, 5.74) is 6.91. The topological polar surface area (TPSA) is 128 Å². The Labute approximate surface area is 496 Å². The van der Waals surface area contributed by atoms with Gasteiger partial charge in [-0.3, -0.25) is 4.79 Å². The standard InChI is InChI=1S/C71H82O13/c1-73-63(72)43-27-4-2-3-5-28-44-76-70-69(67(80-50-59-39-23-11-24-40-59)65(78-48-57-35-19-9-20-36-57)61(82-70)52-74-45-54-29-13-6-14-30-54)84-71-68(81-51-60-41-25-12-26-42-60)66(79-49-58-37-21-10-22-38-58)64(77-47-56-33-17-8-18-34-56)62(83-71)53-75-46-55-31-15-7-16-32-55/h6-26,29-42,61-62,64-71H,2-5,27-28,43-53H2,1H3/t61-,62-,64-,65-,66+,67+,68+,69+,70+,71-/m1/s1. The minimum absolute atomic E-state index is 0.131. The van der Waals surface area contributed by atoms with Crippen molar-refractivity contribution in [3.05, 3.63) is 251 Å². The number of unbranched alkanes of at least 4 members (excludes halogenated alkanes) is 5. The van der Waals surface area contributed by atoms with Crippen LogP contribution in [0.2, 0.25) is 0 Å². The summed E-state index contributed by atoms with van der Waals surface area (Å²) in [6.07, 6.45) is -2.69. The van der Waals surface area contributed by atoms with E-state index in [0.29, 0.717) is 26.2 Å². The monoisotopic (exact) mass is 1140 g/mol. The van der Waals surface area contributed by atoms with Crippen LogP contribution in [0.5, 0.6) is 0 Å². The van der Waals surface area contributed by atoms with Crippen molar-refractivity contribution in [3.63, 3.8) is 0 Å². The molecule has 444 valence electrons. The number of carbonyl (C=O) groups excluding carboxylic acids is 1. The summed E-state index contributed by atoms with van der Waals surface area (Å²) in [6.45, 7) is 2.56. The summed E-state index contributed by atoms with van der Waals surface area (Å²) in [5, 5.41) is 0. The van der Waals surface area contributed by atoms with Crippen LogP contribution in [0.1, 0.15) is 83.9 Å². The molecule has 2 aliphatic heterocycles. The quantitative estimate of drug-likeness (QED) is 0.0276. The van der Waals surface area contributed by atoms with Gasteiger partial charge in [0.05, 0.1) is 66.6 Å². The van der Waals surface area contributed by atoms with Gasteiger partial charge in [-0.05, 0) is 51.8 Å². The van der Waals surface area contributed by atoms with Crippen LogP contribution >= 0.6 is 0 Å². The number of carbonyl (C=O) groups is 1. The summed E-state index contributed by atoms with van der Waals surface area (Å²) in [4.78, 5) is 11.8. The van der Waals surface area contributed by atoms with Crippen molar-refractivity contribution < 1.29 is 61.6 Å². The maximum absolute atomic E-state index is 11.8. The van der Waals surface area contributed by atoms with E-state index in [1.54, 1.807) is 0 Å². The van der Waals surface area contributed by atoms with Gasteiger partial charge in [0.15, 0.2) is 12.6 Å². The van der Waals surface area contributed by atoms with Gasteiger partial charge in [0.25, 0.3) is 0 Å². The summed E-state index contributed by atoms with van der Waals surface area (Å²) in [5.74, 6) is -0.179. The zero-order valence-electron chi connectivity index (χ0n) is 48.3. The molecule has 13 heteroatoms. The third-order valence-electron chi connectivity index (χ3n) is 15.0. The van der Waals surface area contributed by atoms with Crippen molar-refractivity contribution in [2.45, 2.75) is 153 Å². The van der Waals surface area contributed by atoms with Crippen LogP contribution in [0.4, 0.5) is 0 Å². The highest BCUT2D eigenvalue weighted by Crippen LogP contribution is 2.37. The number of hydrogen-bond donors (Lipinski definition) is 0. The Hall–Kier alpha value is -6.43. The van der Waals surface area contributed by atoms with Crippen molar-refractivity contribution in [2.24, 2.45) is 0 Å². The van der Waals surface area contributed by atoms with E-state index in [4.69, 9.17) is 56.8 Å². The van der Waals surface area contributed by atoms with Gasteiger partial charge in [0.1, 0.15) is 48.8 Å². The molecule has 13 nitrogen and oxygen atoms in total. The largest absolute Gasteiger partial charge is 0.469 e. The van der Waals surface area contributed by atoms with Crippen LogP contribution in [0, 0.1) is 0 Å². The van der Waals surface area contributed by atoms with Crippen LogP contribution in [0.25, 0.3) is 0 Å². The predicted octanol–water partition coefficient (Wildman–Crippen LogP) is 13.1. The van der Waals surface area contributed by atoms with E-state index in [1.807, 2.05) is 212 Å². The Kier molecular flexibility index (Phi) is 26.0. The zero-order chi connectivity index (χ0) is 57.6. The first-order valence-electron chi connectivity index (χ1n) is 29.7. The van der Waals surface area contributed by atoms with Crippen molar-refractivity contribution in [1.82, 2.24) is 0 Å². The smallest absolute Gasteiger partial charge is 0.305 e. The van der Waals surface area contributed by atoms with Crippen LogP contribution in [0.3, 0.4) is 0 Å². The van der Waals surface area contributed by atoms with Gasteiger partial charge < -0.3 is 56.8 Å². The third kappa shape index (κ3) is 20.1. The molecule has 0 spiro atoms. The lowest BCUT2D eigenvalue weighted by Crippen LogP contribution is -2.66. The molecule has 7 aromatic rings. The van der Waals surface area contributed by atoms with Crippen LogP contribution in [-0.4, -0.2) is 94.3 Å². The van der Waals surface area contributed by atoms with E-state index < -0.39 is 61.4 Å². The number of hydrogen-bond acceptors (Lipinski definition) is 13. The lowest BCUT2D eigenvalue weighted by atomic mass is 9.96. The zero-order valence-corrected chi connectivity index (χ0v) is 48.3. The van der Waals surface area contributed by atoms with Crippen molar-refractivity contribution in [2.75, 3.05) is 26.9 Å². The van der Waals surface area contributed by atoms with E-state index in [1.165, 1.54) is 7.11 Å². The van der Waals surface area contributed by atoms with Crippen molar-refractivity contribution >= 4 is 5.97 Å². The second kappa shape index (κ2) is 35.1. The average Bonchev–Trinajstić information content (AvgIpc) is 3.51. The van der Waals surface area contributed by atoms with E-state index in [-0.39, 0.29) is 52.2 Å². The highest BCUT2D eigenvalue weighted by Gasteiger charge is 2.55. The highest BCUT2D eigenvalue weighted by atomic mass is 16.8. The molecule has 2 fully saturated rings. The Morgan fingerprint density at radius 2 is 0.643 bits per heavy atom. The number of ether oxygens (including phenoxy) is 12. The molecule has 7 aromatic carbocycles. The second-order valence-corrected chi connectivity index (χ2v) is 21.3. The fourth-order valence-electron chi connectivity index (χ4n) is 10.5. The number of benzene rings is 7. The molecular weight excluding hydrogens is 1060 g/mol. The molecule has 10 atom stereocenters. The minimum Gasteiger partial charge on any atom is -0.469 e.